The monoisotopic (exact) mass is 130 g/mol. The van der Waals surface area contributed by atoms with Crippen molar-refractivity contribution in [2.45, 2.75) is 0 Å². The molecule has 10 heavy (non-hydrogen) atoms. The minimum atomic E-state index is 1.02. The Hall–Kier alpha value is -1.30. The summed E-state index contributed by atoms with van der Waals surface area (Å²) in [6.45, 7) is 11.3. The lowest BCUT2D eigenvalue weighted by Gasteiger charge is -1.96. The summed E-state index contributed by atoms with van der Waals surface area (Å²) < 4.78 is 0. The van der Waals surface area contributed by atoms with Crippen LogP contribution in [0.25, 0.3) is 0 Å². The van der Waals surface area contributed by atoms with Crippen molar-refractivity contribution in [3.63, 3.8) is 0 Å². The van der Waals surface area contributed by atoms with E-state index in [2.05, 4.69) is 19.7 Å². The van der Waals surface area contributed by atoms with Crippen molar-refractivity contribution in [1.82, 2.24) is 0 Å². The first-order valence-corrected chi connectivity index (χ1v) is 3.15. The molecule has 0 nitrogen and oxygen atoms in total. The Bertz CT molecular complexity index is 229. The molecule has 0 amide bonds. The van der Waals surface area contributed by atoms with Crippen molar-refractivity contribution < 1.29 is 0 Å². The zero-order valence-corrected chi connectivity index (χ0v) is 5.93. The van der Waals surface area contributed by atoms with Gasteiger partial charge in [0.2, 0.25) is 0 Å². The molecule has 0 aliphatic heterocycles. The first-order valence-electron chi connectivity index (χ1n) is 3.15. The van der Waals surface area contributed by atoms with Gasteiger partial charge in [0.15, 0.2) is 0 Å². The van der Waals surface area contributed by atoms with Gasteiger partial charge < -0.3 is 0 Å². The maximum Gasteiger partial charge on any atom is -0.0124 e. The van der Waals surface area contributed by atoms with E-state index < -0.39 is 0 Å². The molecule has 0 N–H and O–H groups in total. The predicted octanol–water partition coefficient (Wildman–Crippen LogP) is 2.78. The third-order valence-corrected chi connectivity index (χ3v) is 1.46. The van der Waals surface area contributed by atoms with E-state index in [9.17, 15) is 0 Å². The van der Waals surface area contributed by atoms with Gasteiger partial charge in [-0.15, -0.1) is 0 Å². The summed E-state index contributed by atoms with van der Waals surface area (Å²) in [5.74, 6) is 0. The molecule has 0 heteroatoms. The van der Waals surface area contributed by atoms with Gasteiger partial charge in [-0.1, -0.05) is 44.0 Å². The van der Waals surface area contributed by atoms with Gasteiger partial charge in [-0.05, 0) is 16.7 Å². The molecule has 1 aliphatic rings. The second-order valence-corrected chi connectivity index (χ2v) is 2.20. The average molecular weight is 130 g/mol. The molecule has 0 spiro atoms. The average Bonchev–Trinajstić information content (AvgIpc) is 2.20. The normalized spacial score (nSPS) is 16.2. The molecule has 1 aliphatic carbocycles. The zero-order chi connectivity index (χ0) is 7.56. The predicted molar refractivity (Wildman–Crippen MR) is 45.7 cm³/mol. The van der Waals surface area contributed by atoms with Crippen molar-refractivity contribution in [1.29, 1.82) is 0 Å². The highest BCUT2D eigenvalue weighted by atomic mass is 14.1. The second kappa shape index (κ2) is 2.53. The van der Waals surface area contributed by atoms with Gasteiger partial charge in [0.05, 0.1) is 0 Å². The van der Waals surface area contributed by atoms with Crippen LogP contribution in [0.2, 0.25) is 0 Å². The zero-order valence-electron chi connectivity index (χ0n) is 5.93. The molecule has 0 atom stereocenters. The SMILES string of the molecule is C=CC=C1C(=C)C=CC1=C. The first-order chi connectivity index (χ1) is 4.75. The summed E-state index contributed by atoms with van der Waals surface area (Å²) in [6.07, 6.45) is 7.58. The first kappa shape index (κ1) is 6.81. The van der Waals surface area contributed by atoms with Crippen LogP contribution in [0, 0.1) is 0 Å². The van der Waals surface area contributed by atoms with E-state index in [-0.39, 0.29) is 0 Å². The number of hydrogen-bond donors (Lipinski definition) is 0. The van der Waals surface area contributed by atoms with Crippen LogP contribution in [0.1, 0.15) is 0 Å². The fourth-order valence-electron chi connectivity index (χ4n) is 0.919. The summed E-state index contributed by atoms with van der Waals surface area (Å²) in [5, 5.41) is 0. The number of rotatable bonds is 1. The third-order valence-electron chi connectivity index (χ3n) is 1.46. The van der Waals surface area contributed by atoms with E-state index in [0.29, 0.717) is 0 Å². The van der Waals surface area contributed by atoms with E-state index in [1.165, 1.54) is 0 Å². The van der Waals surface area contributed by atoms with Crippen LogP contribution in [-0.2, 0) is 0 Å². The Morgan fingerprint density at radius 1 is 1.10 bits per heavy atom. The van der Waals surface area contributed by atoms with E-state index >= 15 is 0 Å². The minimum absolute atomic E-state index is 1.02. The van der Waals surface area contributed by atoms with Gasteiger partial charge in [-0.25, -0.2) is 0 Å². The molecule has 0 unspecified atom stereocenters. The molecule has 0 bridgehead atoms. The fourth-order valence-corrected chi connectivity index (χ4v) is 0.919. The maximum atomic E-state index is 3.84. The standard InChI is InChI=1S/C10H10/c1-4-5-10-8(2)6-7-9(10)3/h4-7H,1-3H2. The van der Waals surface area contributed by atoms with Gasteiger partial charge in [-0.2, -0.15) is 0 Å². The summed E-state index contributed by atoms with van der Waals surface area (Å²) in [5.41, 5.74) is 3.13. The molecule has 1 rings (SSSR count). The molecule has 0 heterocycles. The van der Waals surface area contributed by atoms with Crippen LogP contribution in [0.4, 0.5) is 0 Å². The molecular weight excluding hydrogens is 120 g/mol. The van der Waals surface area contributed by atoms with Crippen LogP contribution in [0.15, 0.2) is 60.8 Å². The van der Waals surface area contributed by atoms with Gasteiger partial charge >= 0.3 is 0 Å². The second-order valence-electron chi connectivity index (χ2n) is 2.20. The number of allylic oxidation sites excluding steroid dienone is 7. The smallest absolute Gasteiger partial charge is 0.0124 e. The highest BCUT2D eigenvalue weighted by molar-refractivity contribution is 5.61. The van der Waals surface area contributed by atoms with Crippen molar-refractivity contribution in [3.8, 4) is 0 Å². The quantitative estimate of drug-likeness (QED) is 0.512. The highest BCUT2D eigenvalue weighted by Crippen LogP contribution is 2.25. The topological polar surface area (TPSA) is 0 Å². The Morgan fingerprint density at radius 2 is 1.60 bits per heavy atom. The summed E-state index contributed by atoms with van der Waals surface area (Å²) in [4.78, 5) is 0. The van der Waals surface area contributed by atoms with Gasteiger partial charge in [-0.3, -0.25) is 0 Å². The lowest BCUT2D eigenvalue weighted by Crippen LogP contribution is -1.77. The largest absolute Gasteiger partial charge is 0.0990 e. The van der Waals surface area contributed by atoms with Gasteiger partial charge in [0.25, 0.3) is 0 Å². The van der Waals surface area contributed by atoms with Crippen LogP contribution in [0.5, 0.6) is 0 Å². The Kier molecular flexibility index (Phi) is 1.72. The van der Waals surface area contributed by atoms with Crippen molar-refractivity contribution >= 4 is 0 Å². The van der Waals surface area contributed by atoms with Crippen LogP contribution < -0.4 is 0 Å². The van der Waals surface area contributed by atoms with Gasteiger partial charge in [0.1, 0.15) is 0 Å². The van der Waals surface area contributed by atoms with Gasteiger partial charge in [0, 0.05) is 0 Å². The highest BCUT2D eigenvalue weighted by Gasteiger charge is 2.06. The minimum Gasteiger partial charge on any atom is -0.0990 e. The van der Waals surface area contributed by atoms with E-state index in [1.807, 2.05) is 18.2 Å². The molecular formula is C10H10. The number of hydrogen-bond acceptors (Lipinski definition) is 0. The van der Waals surface area contributed by atoms with Crippen molar-refractivity contribution in [3.05, 3.63) is 60.8 Å². The van der Waals surface area contributed by atoms with E-state index in [4.69, 9.17) is 0 Å². The molecule has 0 aromatic heterocycles. The summed E-state index contributed by atoms with van der Waals surface area (Å²) >= 11 is 0. The molecule has 0 saturated carbocycles. The maximum absolute atomic E-state index is 3.84. The Balaban J connectivity index is 3.00. The Labute approximate surface area is 61.6 Å². The Morgan fingerprint density at radius 3 is 2.00 bits per heavy atom. The van der Waals surface area contributed by atoms with Crippen LogP contribution >= 0.6 is 0 Å². The van der Waals surface area contributed by atoms with E-state index in [1.54, 1.807) is 6.08 Å². The van der Waals surface area contributed by atoms with Crippen LogP contribution in [0.3, 0.4) is 0 Å². The summed E-state index contributed by atoms with van der Waals surface area (Å²) in [6, 6.07) is 0. The molecule has 0 radical (unpaired) electrons. The molecule has 0 aromatic carbocycles. The summed E-state index contributed by atoms with van der Waals surface area (Å²) in [7, 11) is 0. The fraction of sp³-hybridized carbons (Fsp3) is 0. The molecule has 0 fully saturated rings. The lowest BCUT2D eigenvalue weighted by molar-refractivity contribution is 1.59. The lowest BCUT2D eigenvalue weighted by atomic mass is 10.1. The molecule has 50 valence electrons. The van der Waals surface area contributed by atoms with Crippen molar-refractivity contribution in [2.24, 2.45) is 0 Å². The molecule has 0 saturated heterocycles. The van der Waals surface area contributed by atoms with E-state index in [0.717, 1.165) is 16.7 Å². The van der Waals surface area contributed by atoms with Crippen molar-refractivity contribution in [2.75, 3.05) is 0 Å². The third kappa shape index (κ3) is 1.01. The molecule has 0 aromatic rings. The van der Waals surface area contributed by atoms with Crippen LogP contribution in [-0.4, -0.2) is 0 Å².